The molecule has 0 radical (unpaired) electrons. The molecular formula is C18H22N4O3. The molecule has 2 N–H and O–H groups in total. The number of nitrogens with zero attached hydrogens (tertiary/aromatic N) is 2. The highest BCUT2D eigenvalue weighted by Crippen LogP contribution is 2.30. The van der Waals surface area contributed by atoms with Crippen LogP contribution >= 0.6 is 0 Å². The zero-order valence-corrected chi connectivity index (χ0v) is 14.4. The van der Waals surface area contributed by atoms with E-state index in [2.05, 4.69) is 20.6 Å². The van der Waals surface area contributed by atoms with E-state index in [0.717, 1.165) is 12.8 Å². The number of hydrogen-bond acceptors (Lipinski definition) is 6. The van der Waals surface area contributed by atoms with Crippen molar-refractivity contribution in [1.29, 1.82) is 0 Å². The van der Waals surface area contributed by atoms with Gasteiger partial charge in [-0.05, 0) is 25.0 Å². The third-order valence-electron chi connectivity index (χ3n) is 4.25. The van der Waals surface area contributed by atoms with Crippen LogP contribution in [0.4, 0.5) is 11.5 Å². The second-order valence-corrected chi connectivity index (χ2v) is 5.94. The normalized spacial score (nSPS) is 14.2. The molecule has 2 aromatic rings. The van der Waals surface area contributed by atoms with Crippen molar-refractivity contribution in [2.45, 2.75) is 31.7 Å². The zero-order valence-electron chi connectivity index (χ0n) is 14.4. The second-order valence-electron chi connectivity index (χ2n) is 5.94. The lowest BCUT2D eigenvalue weighted by Gasteiger charge is -2.13. The quantitative estimate of drug-likeness (QED) is 0.839. The van der Waals surface area contributed by atoms with Crippen LogP contribution in [-0.2, 0) is 0 Å². The minimum atomic E-state index is -0.302. The number of rotatable bonds is 6. The molecule has 1 aromatic heterocycles. The molecule has 0 spiro atoms. The van der Waals surface area contributed by atoms with Crippen LogP contribution in [-0.4, -0.2) is 36.1 Å². The average molecular weight is 342 g/mol. The second kappa shape index (κ2) is 7.83. The molecule has 0 bridgehead atoms. The van der Waals surface area contributed by atoms with Crippen molar-refractivity contribution >= 4 is 17.4 Å². The van der Waals surface area contributed by atoms with Gasteiger partial charge in [0.1, 0.15) is 17.8 Å². The summed E-state index contributed by atoms with van der Waals surface area (Å²) in [7, 11) is 3.12. The predicted octanol–water partition coefficient (Wildman–Crippen LogP) is 3.10. The lowest BCUT2D eigenvalue weighted by Crippen LogP contribution is -2.18. The van der Waals surface area contributed by atoms with Gasteiger partial charge in [-0.2, -0.15) is 0 Å². The number of ether oxygens (including phenoxy) is 2. The molecule has 1 amide bonds. The van der Waals surface area contributed by atoms with Crippen LogP contribution in [0.3, 0.4) is 0 Å². The van der Waals surface area contributed by atoms with Crippen LogP contribution in [0.25, 0.3) is 0 Å². The van der Waals surface area contributed by atoms with Crippen molar-refractivity contribution in [1.82, 2.24) is 9.97 Å². The fourth-order valence-corrected chi connectivity index (χ4v) is 2.95. The van der Waals surface area contributed by atoms with Gasteiger partial charge in [0.15, 0.2) is 11.5 Å². The zero-order chi connectivity index (χ0) is 17.6. The molecule has 1 heterocycles. The molecule has 132 valence electrons. The summed E-state index contributed by atoms with van der Waals surface area (Å²) in [5.41, 5.74) is 0.914. The standard InChI is InChI=1S/C18H22N4O3/c1-24-15-8-7-13(9-16(15)25-2)22-18(23)14-10-17(20-11-19-14)21-12-5-3-4-6-12/h7-12H,3-6H2,1-2H3,(H,22,23)(H,19,20,21). The Morgan fingerprint density at radius 2 is 1.84 bits per heavy atom. The summed E-state index contributed by atoms with van der Waals surface area (Å²) in [5, 5.41) is 6.18. The monoisotopic (exact) mass is 342 g/mol. The van der Waals surface area contributed by atoms with Gasteiger partial charge in [0.25, 0.3) is 5.91 Å². The minimum Gasteiger partial charge on any atom is -0.493 e. The number of carbonyl (C=O) groups is 1. The van der Waals surface area contributed by atoms with E-state index in [9.17, 15) is 4.79 Å². The van der Waals surface area contributed by atoms with Gasteiger partial charge < -0.3 is 20.1 Å². The smallest absolute Gasteiger partial charge is 0.274 e. The average Bonchev–Trinajstić information content (AvgIpc) is 3.14. The summed E-state index contributed by atoms with van der Waals surface area (Å²) in [6.45, 7) is 0. The molecule has 1 aliphatic rings. The topological polar surface area (TPSA) is 85.4 Å². The molecule has 1 aliphatic carbocycles. The van der Waals surface area contributed by atoms with E-state index >= 15 is 0 Å². The Labute approximate surface area is 146 Å². The number of nitrogens with one attached hydrogen (secondary N) is 2. The Balaban J connectivity index is 1.70. The minimum absolute atomic E-state index is 0.302. The number of hydrogen-bond donors (Lipinski definition) is 2. The van der Waals surface area contributed by atoms with E-state index in [-0.39, 0.29) is 5.91 Å². The first-order chi connectivity index (χ1) is 12.2. The van der Waals surface area contributed by atoms with Crippen LogP contribution in [0.15, 0.2) is 30.6 Å². The summed E-state index contributed by atoms with van der Waals surface area (Å²) in [4.78, 5) is 20.7. The van der Waals surface area contributed by atoms with Gasteiger partial charge in [-0.15, -0.1) is 0 Å². The Hall–Kier alpha value is -2.83. The third kappa shape index (κ3) is 4.17. The fraction of sp³-hybridized carbons (Fsp3) is 0.389. The van der Waals surface area contributed by atoms with E-state index in [1.165, 1.54) is 19.2 Å². The number of anilines is 2. The molecule has 0 atom stereocenters. The summed E-state index contributed by atoms with van der Waals surface area (Å²) in [6, 6.07) is 7.29. The van der Waals surface area contributed by atoms with Gasteiger partial charge in [-0.1, -0.05) is 12.8 Å². The van der Waals surface area contributed by atoms with Crippen molar-refractivity contribution in [2.75, 3.05) is 24.9 Å². The maximum atomic E-state index is 12.5. The number of carbonyl (C=O) groups excluding carboxylic acids is 1. The molecule has 25 heavy (non-hydrogen) atoms. The summed E-state index contributed by atoms with van der Waals surface area (Å²) >= 11 is 0. The van der Waals surface area contributed by atoms with Gasteiger partial charge in [-0.25, -0.2) is 9.97 Å². The van der Waals surface area contributed by atoms with Crippen LogP contribution in [0.2, 0.25) is 0 Å². The van der Waals surface area contributed by atoms with Gasteiger partial charge in [0.05, 0.1) is 14.2 Å². The van der Waals surface area contributed by atoms with Crippen molar-refractivity contribution in [3.63, 3.8) is 0 Å². The first-order valence-corrected chi connectivity index (χ1v) is 8.31. The SMILES string of the molecule is COc1ccc(NC(=O)c2cc(NC3CCCC3)ncn2)cc1OC. The Bertz CT molecular complexity index is 745. The number of amides is 1. The van der Waals surface area contributed by atoms with Crippen LogP contribution in [0.1, 0.15) is 36.2 Å². The van der Waals surface area contributed by atoms with Crippen molar-refractivity contribution in [3.8, 4) is 11.5 Å². The van der Waals surface area contributed by atoms with Gasteiger partial charge >= 0.3 is 0 Å². The van der Waals surface area contributed by atoms with Crippen LogP contribution in [0, 0.1) is 0 Å². The lowest BCUT2D eigenvalue weighted by molar-refractivity contribution is 0.102. The molecule has 0 unspecified atom stereocenters. The molecule has 7 nitrogen and oxygen atoms in total. The summed E-state index contributed by atoms with van der Waals surface area (Å²) < 4.78 is 10.4. The number of methoxy groups -OCH3 is 2. The molecule has 1 fully saturated rings. The number of aromatic nitrogens is 2. The van der Waals surface area contributed by atoms with E-state index in [1.807, 2.05) is 0 Å². The molecule has 0 saturated heterocycles. The highest BCUT2D eigenvalue weighted by Gasteiger charge is 2.16. The number of benzene rings is 1. The van der Waals surface area contributed by atoms with Crippen molar-refractivity contribution in [3.05, 3.63) is 36.3 Å². The van der Waals surface area contributed by atoms with Crippen LogP contribution in [0.5, 0.6) is 11.5 Å². The third-order valence-corrected chi connectivity index (χ3v) is 4.25. The molecule has 0 aliphatic heterocycles. The highest BCUT2D eigenvalue weighted by molar-refractivity contribution is 6.03. The van der Waals surface area contributed by atoms with E-state index in [4.69, 9.17) is 9.47 Å². The molecule has 7 heteroatoms. The lowest BCUT2D eigenvalue weighted by atomic mass is 10.2. The Morgan fingerprint density at radius 1 is 1.08 bits per heavy atom. The van der Waals surface area contributed by atoms with Crippen molar-refractivity contribution in [2.24, 2.45) is 0 Å². The van der Waals surface area contributed by atoms with Crippen molar-refractivity contribution < 1.29 is 14.3 Å². The Kier molecular flexibility index (Phi) is 5.33. The summed E-state index contributed by atoms with van der Waals surface area (Å²) in [5.74, 6) is 1.53. The first kappa shape index (κ1) is 17.0. The van der Waals surface area contributed by atoms with Gasteiger partial charge in [-0.3, -0.25) is 4.79 Å². The fourth-order valence-electron chi connectivity index (χ4n) is 2.95. The molecule has 3 rings (SSSR count). The predicted molar refractivity (Wildman–Crippen MR) is 95.4 cm³/mol. The van der Waals surface area contributed by atoms with Crippen LogP contribution < -0.4 is 20.1 Å². The van der Waals surface area contributed by atoms with E-state index in [1.54, 1.807) is 38.5 Å². The maximum absolute atomic E-state index is 12.5. The van der Waals surface area contributed by atoms with Gasteiger partial charge in [0.2, 0.25) is 0 Å². The maximum Gasteiger partial charge on any atom is 0.274 e. The molecule has 1 aromatic carbocycles. The van der Waals surface area contributed by atoms with Gasteiger partial charge in [0, 0.05) is 23.9 Å². The van der Waals surface area contributed by atoms with E-state index < -0.39 is 0 Å². The summed E-state index contributed by atoms with van der Waals surface area (Å²) in [6.07, 6.45) is 6.14. The van der Waals surface area contributed by atoms with E-state index in [0.29, 0.717) is 34.7 Å². The molecule has 1 saturated carbocycles. The Morgan fingerprint density at radius 3 is 2.56 bits per heavy atom. The largest absolute Gasteiger partial charge is 0.493 e. The highest BCUT2D eigenvalue weighted by atomic mass is 16.5. The molecular weight excluding hydrogens is 320 g/mol. The first-order valence-electron chi connectivity index (χ1n) is 8.31.